The minimum Gasteiger partial charge on any atom is -0.355 e. The lowest BCUT2D eigenvalue weighted by molar-refractivity contribution is -0.125. The largest absolute Gasteiger partial charge is 0.355 e. The summed E-state index contributed by atoms with van der Waals surface area (Å²) in [6, 6.07) is -0.505. The zero-order chi connectivity index (χ0) is 14.3. The molecule has 1 unspecified atom stereocenters. The van der Waals surface area contributed by atoms with Crippen molar-refractivity contribution in [2.75, 3.05) is 19.3 Å². The van der Waals surface area contributed by atoms with Crippen molar-refractivity contribution in [2.45, 2.75) is 57.9 Å². The Bertz CT molecular complexity index is 381. The van der Waals surface area contributed by atoms with Gasteiger partial charge in [-0.2, -0.15) is 4.31 Å². The molecule has 0 aromatic rings. The number of hydrogen-bond acceptors (Lipinski definition) is 3. The summed E-state index contributed by atoms with van der Waals surface area (Å²) in [5.41, 5.74) is 0. The number of unbranched alkanes of at least 4 members (excludes halogenated alkanes) is 3. The highest BCUT2D eigenvalue weighted by molar-refractivity contribution is 7.88. The van der Waals surface area contributed by atoms with Crippen molar-refractivity contribution in [3.63, 3.8) is 0 Å². The molecule has 1 aliphatic rings. The molecule has 1 amide bonds. The molecule has 1 rings (SSSR count). The summed E-state index contributed by atoms with van der Waals surface area (Å²) in [6.07, 6.45) is 7.98. The Hall–Kier alpha value is -0.620. The van der Waals surface area contributed by atoms with Crippen molar-refractivity contribution in [1.29, 1.82) is 0 Å². The van der Waals surface area contributed by atoms with Crippen LogP contribution < -0.4 is 5.32 Å². The first-order valence-corrected chi connectivity index (χ1v) is 9.06. The second-order valence-corrected chi connectivity index (χ2v) is 7.17. The predicted molar refractivity (Wildman–Crippen MR) is 76.3 cm³/mol. The number of hydrogen-bond donors (Lipinski definition) is 1. The summed E-state index contributed by atoms with van der Waals surface area (Å²) in [5.74, 6) is -0.137. The van der Waals surface area contributed by atoms with Crippen LogP contribution in [0.5, 0.6) is 0 Å². The third kappa shape index (κ3) is 5.48. The van der Waals surface area contributed by atoms with Gasteiger partial charge in [-0.1, -0.05) is 32.6 Å². The van der Waals surface area contributed by atoms with Crippen LogP contribution in [0, 0.1) is 0 Å². The van der Waals surface area contributed by atoms with E-state index in [9.17, 15) is 13.2 Å². The maximum Gasteiger partial charge on any atom is 0.238 e. The highest BCUT2D eigenvalue weighted by Crippen LogP contribution is 2.19. The quantitative estimate of drug-likeness (QED) is 0.723. The summed E-state index contributed by atoms with van der Waals surface area (Å²) in [5, 5.41) is 2.87. The van der Waals surface area contributed by atoms with E-state index in [1.165, 1.54) is 23.4 Å². The number of piperidine rings is 1. The number of amides is 1. The molecule has 0 spiro atoms. The molecule has 5 nitrogen and oxygen atoms in total. The van der Waals surface area contributed by atoms with Gasteiger partial charge in [-0.3, -0.25) is 4.79 Å². The van der Waals surface area contributed by atoms with Crippen molar-refractivity contribution in [2.24, 2.45) is 0 Å². The highest BCUT2D eigenvalue weighted by atomic mass is 32.2. The molecule has 0 bridgehead atoms. The Kier molecular flexibility index (Phi) is 6.79. The van der Waals surface area contributed by atoms with E-state index in [1.54, 1.807) is 0 Å². The smallest absolute Gasteiger partial charge is 0.238 e. The third-order valence-electron chi connectivity index (χ3n) is 3.51. The maximum absolute atomic E-state index is 12.1. The first-order valence-electron chi connectivity index (χ1n) is 7.21. The molecule has 6 heteroatoms. The van der Waals surface area contributed by atoms with Gasteiger partial charge in [0, 0.05) is 13.1 Å². The van der Waals surface area contributed by atoms with Crippen LogP contribution in [0.3, 0.4) is 0 Å². The molecule has 1 N–H and O–H groups in total. The van der Waals surface area contributed by atoms with Gasteiger partial charge in [0.05, 0.1) is 6.26 Å². The van der Waals surface area contributed by atoms with E-state index < -0.39 is 16.1 Å². The fraction of sp³-hybridized carbons (Fsp3) is 0.923. The molecule has 1 aliphatic heterocycles. The van der Waals surface area contributed by atoms with E-state index in [0.29, 0.717) is 19.5 Å². The summed E-state index contributed by atoms with van der Waals surface area (Å²) in [6.45, 7) is 3.25. The Morgan fingerprint density at radius 1 is 1.26 bits per heavy atom. The van der Waals surface area contributed by atoms with E-state index in [0.717, 1.165) is 25.7 Å². The van der Waals surface area contributed by atoms with Gasteiger partial charge >= 0.3 is 0 Å². The zero-order valence-electron chi connectivity index (χ0n) is 12.0. The number of rotatable bonds is 7. The van der Waals surface area contributed by atoms with Gasteiger partial charge < -0.3 is 5.32 Å². The van der Waals surface area contributed by atoms with Gasteiger partial charge in [0.15, 0.2) is 0 Å². The molecule has 0 saturated carbocycles. The maximum atomic E-state index is 12.1. The highest BCUT2D eigenvalue weighted by Gasteiger charge is 2.33. The van der Waals surface area contributed by atoms with Gasteiger partial charge in [0.1, 0.15) is 6.04 Å². The number of carbonyl (C=O) groups excluding carboxylic acids is 1. The second-order valence-electron chi connectivity index (χ2n) is 5.24. The topological polar surface area (TPSA) is 66.5 Å². The standard InChI is InChI=1S/C13H26N2O3S/c1-3-4-5-7-10-14-13(16)12-9-6-8-11-15(12)19(2,17)18/h12H,3-11H2,1-2H3,(H,14,16). The average Bonchev–Trinajstić information content (AvgIpc) is 2.37. The van der Waals surface area contributed by atoms with Gasteiger partial charge in [-0.05, 0) is 19.3 Å². The fourth-order valence-corrected chi connectivity index (χ4v) is 3.57. The molecular formula is C13H26N2O3S. The Morgan fingerprint density at radius 2 is 2.00 bits per heavy atom. The first kappa shape index (κ1) is 16.4. The second kappa shape index (κ2) is 7.85. The molecule has 19 heavy (non-hydrogen) atoms. The number of nitrogens with one attached hydrogen (secondary N) is 1. The van der Waals surface area contributed by atoms with Crippen LogP contribution in [0.1, 0.15) is 51.9 Å². The van der Waals surface area contributed by atoms with Crippen LogP contribution in [0.15, 0.2) is 0 Å². The van der Waals surface area contributed by atoms with E-state index in [2.05, 4.69) is 12.2 Å². The first-order chi connectivity index (χ1) is 8.96. The van der Waals surface area contributed by atoms with Crippen molar-refractivity contribution in [1.82, 2.24) is 9.62 Å². The Labute approximate surface area is 116 Å². The molecule has 0 aromatic heterocycles. The SMILES string of the molecule is CCCCCCNC(=O)C1CCCCN1S(C)(=O)=O. The van der Waals surface area contributed by atoms with E-state index in [-0.39, 0.29) is 5.91 Å². The lowest BCUT2D eigenvalue weighted by Crippen LogP contribution is -2.51. The normalized spacial score (nSPS) is 21.3. The van der Waals surface area contributed by atoms with Crippen molar-refractivity contribution in [3.05, 3.63) is 0 Å². The van der Waals surface area contributed by atoms with Crippen molar-refractivity contribution in [3.8, 4) is 0 Å². The Morgan fingerprint density at radius 3 is 2.63 bits per heavy atom. The van der Waals surface area contributed by atoms with Gasteiger partial charge in [-0.15, -0.1) is 0 Å². The van der Waals surface area contributed by atoms with Crippen LogP contribution in [0.25, 0.3) is 0 Å². The van der Waals surface area contributed by atoms with Crippen molar-refractivity contribution < 1.29 is 13.2 Å². The van der Waals surface area contributed by atoms with Gasteiger partial charge in [0.25, 0.3) is 0 Å². The number of sulfonamides is 1. The van der Waals surface area contributed by atoms with Crippen molar-refractivity contribution >= 4 is 15.9 Å². The summed E-state index contributed by atoms with van der Waals surface area (Å²) < 4.78 is 24.7. The molecule has 1 atom stereocenters. The van der Waals surface area contributed by atoms with Crippen LogP contribution in [-0.2, 0) is 14.8 Å². The minimum absolute atomic E-state index is 0.137. The summed E-state index contributed by atoms with van der Waals surface area (Å²) in [7, 11) is -3.29. The lowest BCUT2D eigenvalue weighted by atomic mass is 10.0. The molecular weight excluding hydrogens is 264 g/mol. The van der Waals surface area contributed by atoms with E-state index in [4.69, 9.17) is 0 Å². The monoisotopic (exact) mass is 290 g/mol. The minimum atomic E-state index is -3.29. The summed E-state index contributed by atoms with van der Waals surface area (Å²) in [4.78, 5) is 12.1. The molecule has 112 valence electrons. The third-order valence-corrected chi connectivity index (χ3v) is 4.80. The van der Waals surface area contributed by atoms with E-state index in [1.807, 2.05) is 0 Å². The van der Waals surface area contributed by atoms with Crippen LogP contribution >= 0.6 is 0 Å². The number of carbonyl (C=O) groups is 1. The van der Waals surface area contributed by atoms with Crippen LogP contribution in [-0.4, -0.2) is 44.0 Å². The lowest BCUT2D eigenvalue weighted by Gasteiger charge is -2.32. The van der Waals surface area contributed by atoms with Crippen LogP contribution in [0.2, 0.25) is 0 Å². The van der Waals surface area contributed by atoms with Gasteiger partial charge in [0.2, 0.25) is 15.9 Å². The Balaban J connectivity index is 2.44. The van der Waals surface area contributed by atoms with Crippen LogP contribution in [0.4, 0.5) is 0 Å². The fourth-order valence-electron chi connectivity index (χ4n) is 2.45. The molecule has 0 aliphatic carbocycles. The van der Waals surface area contributed by atoms with E-state index >= 15 is 0 Å². The molecule has 1 saturated heterocycles. The number of nitrogens with zero attached hydrogens (tertiary/aromatic N) is 1. The molecule has 1 heterocycles. The predicted octanol–water partition coefficient (Wildman–Crippen LogP) is 1.50. The molecule has 0 aromatic carbocycles. The molecule has 0 radical (unpaired) electrons. The zero-order valence-corrected chi connectivity index (χ0v) is 12.8. The average molecular weight is 290 g/mol. The van der Waals surface area contributed by atoms with Gasteiger partial charge in [-0.25, -0.2) is 8.42 Å². The summed E-state index contributed by atoms with van der Waals surface area (Å²) >= 11 is 0. The molecule has 1 fully saturated rings.